The van der Waals surface area contributed by atoms with Gasteiger partial charge in [0.15, 0.2) is 0 Å². The second-order valence-corrected chi connectivity index (χ2v) is 5.27. The van der Waals surface area contributed by atoms with Crippen LogP contribution in [-0.2, 0) is 19.5 Å². The second-order valence-electron chi connectivity index (χ2n) is 5.27. The largest absolute Gasteiger partial charge is 0.491 e. The van der Waals surface area contributed by atoms with E-state index in [9.17, 15) is 4.79 Å². The van der Waals surface area contributed by atoms with Crippen LogP contribution in [0.2, 0.25) is 0 Å². The van der Waals surface area contributed by atoms with Crippen molar-refractivity contribution in [1.29, 1.82) is 0 Å². The van der Waals surface area contributed by atoms with Crippen LogP contribution in [0.1, 0.15) is 25.1 Å². The van der Waals surface area contributed by atoms with Gasteiger partial charge in [0, 0.05) is 25.9 Å². The molecular formula is C15H20N4O2. The summed E-state index contributed by atoms with van der Waals surface area (Å²) >= 11 is 0. The molecule has 0 aliphatic carbocycles. The van der Waals surface area contributed by atoms with Gasteiger partial charge in [-0.2, -0.15) is 5.10 Å². The average Bonchev–Trinajstić information content (AvgIpc) is 2.82. The number of fused-ring (bicyclic) bond motifs is 1. The third kappa shape index (κ3) is 2.94. The van der Waals surface area contributed by atoms with Crippen molar-refractivity contribution in [2.45, 2.75) is 38.8 Å². The number of benzene rings is 1. The molecule has 0 radical (unpaired) electrons. The molecule has 0 saturated carbocycles. The molecule has 0 fully saturated rings. The zero-order valence-electron chi connectivity index (χ0n) is 12.0. The van der Waals surface area contributed by atoms with Crippen molar-refractivity contribution < 1.29 is 4.74 Å². The molecule has 0 unspecified atom stereocenters. The molecule has 2 N–H and O–H groups in total. The van der Waals surface area contributed by atoms with Gasteiger partial charge in [0.05, 0.1) is 12.3 Å². The predicted molar refractivity (Wildman–Crippen MR) is 80.4 cm³/mol. The lowest BCUT2D eigenvalue weighted by atomic mass is 10.2. The Labute approximate surface area is 123 Å². The Hall–Kier alpha value is -2.24. The molecule has 1 aliphatic rings. The molecule has 0 spiro atoms. The second kappa shape index (κ2) is 6.03. The monoisotopic (exact) mass is 288 g/mol. The predicted octanol–water partition coefficient (Wildman–Crippen LogP) is 1.43. The third-order valence-corrected chi connectivity index (χ3v) is 3.72. The summed E-state index contributed by atoms with van der Waals surface area (Å²) in [5.41, 5.74) is 6.44. The van der Waals surface area contributed by atoms with E-state index in [1.807, 2.05) is 24.3 Å². The highest BCUT2D eigenvalue weighted by molar-refractivity contribution is 5.51. The molecule has 0 saturated heterocycles. The number of aromatic nitrogens is 3. The minimum atomic E-state index is 0.00363. The van der Waals surface area contributed by atoms with Crippen LogP contribution in [0.4, 0.5) is 5.69 Å². The van der Waals surface area contributed by atoms with Crippen LogP contribution in [0.15, 0.2) is 29.1 Å². The molecule has 2 heterocycles. The van der Waals surface area contributed by atoms with Crippen LogP contribution >= 0.6 is 0 Å². The van der Waals surface area contributed by atoms with Gasteiger partial charge < -0.3 is 10.5 Å². The summed E-state index contributed by atoms with van der Waals surface area (Å²) in [6.07, 6.45) is 3.81. The first kappa shape index (κ1) is 13.7. The van der Waals surface area contributed by atoms with Gasteiger partial charge in [-0.05, 0) is 25.0 Å². The molecule has 6 nitrogen and oxygen atoms in total. The number of nitrogens with zero attached hydrogens (tertiary/aromatic N) is 3. The standard InChI is InChI=1S/C15H20N4O2/c16-12-6-1-2-7-13(12)21-11-5-10-19-15(20)18-9-4-3-8-14(18)17-19/h1-2,6-7H,3-5,8-11,16H2. The summed E-state index contributed by atoms with van der Waals surface area (Å²) in [6.45, 7) is 1.89. The number of anilines is 1. The third-order valence-electron chi connectivity index (χ3n) is 3.72. The number of aryl methyl sites for hydroxylation is 2. The van der Waals surface area contributed by atoms with E-state index in [2.05, 4.69) is 5.10 Å². The molecule has 0 amide bonds. The van der Waals surface area contributed by atoms with Gasteiger partial charge in [-0.25, -0.2) is 9.48 Å². The van der Waals surface area contributed by atoms with Crippen molar-refractivity contribution in [2.24, 2.45) is 0 Å². The zero-order valence-corrected chi connectivity index (χ0v) is 12.0. The minimum Gasteiger partial charge on any atom is -0.491 e. The average molecular weight is 288 g/mol. The Kier molecular flexibility index (Phi) is 3.94. The van der Waals surface area contributed by atoms with Crippen molar-refractivity contribution in [1.82, 2.24) is 14.3 Å². The van der Waals surface area contributed by atoms with Crippen molar-refractivity contribution in [3.63, 3.8) is 0 Å². The lowest BCUT2D eigenvalue weighted by Crippen LogP contribution is -2.27. The highest BCUT2D eigenvalue weighted by Crippen LogP contribution is 2.19. The van der Waals surface area contributed by atoms with Crippen LogP contribution in [-0.4, -0.2) is 21.0 Å². The van der Waals surface area contributed by atoms with Crippen LogP contribution < -0.4 is 16.2 Å². The fourth-order valence-corrected chi connectivity index (χ4v) is 2.60. The molecular weight excluding hydrogens is 268 g/mol. The van der Waals surface area contributed by atoms with Gasteiger partial charge in [-0.15, -0.1) is 0 Å². The first-order valence-electron chi connectivity index (χ1n) is 7.39. The Morgan fingerprint density at radius 3 is 2.95 bits per heavy atom. The van der Waals surface area contributed by atoms with E-state index >= 15 is 0 Å². The highest BCUT2D eigenvalue weighted by Gasteiger charge is 2.16. The van der Waals surface area contributed by atoms with E-state index < -0.39 is 0 Å². The fraction of sp³-hybridized carbons (Fsp3) is 0.467. The summed E-state index contributed by atoms with van der Waals surface area (Å²) < 4.78 is 8.97. The van der Waals surface area contributed by atoms with Crippen molar-refractivity contribution in [3.8, 4) is 5.75 Å². The van der Waals surface area contributed by atoms with Crippen molar-refractivity contribution in [3.05, 3.63) is 40.6 Å². The number of nitrogen functional groups attached to an aromatic ring is 1. The van der Waals surface area contributed by atoms with Crippen molar-refractivity contribution in [2.75, 3.05) is 12.3 Å². The van der Waals surface area contributed by atoms with Crippen LogP contribution in [0, 0.1) is 0 Å². The van der Waals surface area contributed by atoms with Gasteiger partial charge in [0.2, 0.25) is 0 Å². The molecule has 2 aromatic rings. The highest BCUT2D eigenvalue weighted by atomic mass is 16.5. The maximum atomic E-state index is 12.1. The zero-order chi connectivity index (χ0) is 14.7. The van der Waals surface area contributed by atoms with E-state index in [-0.39, 0.29) is 5.69 Å². The SMILES string of the molecule is Nc1ccccc1OCCCn1nc2n(c1=O)CCCC2. The molecule has 1 aliphatic heterocycles. The molecule has 21 heavy (non-hydrogen) atoms. The van der Waals surface area contributed by atoms with Gasteiger partial charge in [-0.1, -0.05) is 12.1 Å². The van der Waals surface area contributed by atoms with Crippen LogP contribution in [0.3, 0.4) is 0 Å². The Bertz CT molecular complexity index is 675. The Morgan fingerprint density at radius 2 is 2.14 bits per heavy atom. The van der Waals surface area contributed by atoms with Gasteiger partial charge >= 0.3 is 5.69 Å². The summed E-state index contributed by atoms with van der Waals surface area (Å²) in [5.74, 6) is 1.61. The summed E-state index contributed by atoms with van der Waals surface area (Å²) in [5, 5.41) is 4.40. The van der Waals surface area contributed by atoms with E-state index in [0.29, 0.717) is 24.6 Å². The van der Waals surface area contributed by atoms with E-state index in [1.54, 1.807) is 9.25 Å². The molecule has 1 aromatic carbocycles. The number of rotatable bonds is 5. The normalized spacial score (nSPS) is 13.9. The van der Waals surface area contributed by atoms with Gasteiger partial charge in [-0.3, -0.25) is 4.57 Å². The van der Waals surface area contributed by atoms with Crippen molar-refractivity contribution >= 4 is 5.69 Å². The van der Waals surface area contributed by atoms with E-state index in [0.717, 1.165) is 38.1 Å². The maximum absolute atomic E-state index is 12.1. The van der Waals surface area contributed by atoms with Crippen LogP contribution in [0.5, 0.6) is 5.75 Å². The summed E-state index contributed by atoms with van der Waals surface area (Å²) in [7, 11) is 0. The summed E-state index contributed by atoms with van der Waals surface area (Å²) in [6, 6.07) is 7.41. The van der Waals surface area contributed by atoms with Gasteiger partial charge in [0.25, 0.3) is 0 Å². The Balaban J connectivity index is 1.55. The van der Waals surface area contributed by atoms with E-state index in [1.165, 1.54) is 0 Å². The molecule has 112 valence electrons. The number of hydrogen-bond donors (Lipinski definition) is 1. The smallest absolute Gasteiger partial charge is 0.345 e. The fourth-order valence-electron chi connectivity index (χ4n) is 2.60. The van der Waals surface area contributed by atoms with Crippen LogP contribution in [0.25, 0.3) is 0 Å². The quantitative estimate of drug-likeness (QED) is 0.667. The molecule has 0 bridgehead atoms. The topological polar surface area (TPSA) is 75.1 Å². The first-order chi connectivity index (χ1) is 10.3. The Morgan fingerprint density at radius 1 is 1.29 bits per heavy atom. The van der Waals surface area contributed by atoms with E-state index in [4.69, 9.17) is 10.5 Å². The maximum Gasteiger partial charge on any atom is 0.345 e. The number of ether oxygens (including phenoxy) is 1. The first-order valence-corrected chi connectivity index (χ1v) is 7.39. The summed E-state index contributed by atoms with van der Waals surface area (Å²) in [4.78, 5) is 12.1. The molecule has 6 heteroatoms. The molecule has 1 aromatic heterocycles. The lowest BCUT2D eigenvalue weighted by Gasteiger charge is -2.09. The number of para-hydroxylation sites is 2. The number of hydrogen-bond acceptors (Lipinski definition) is 4. The van der Waals surface area contributed by atoms with Gasteiger partial charge in [0.1, 0.15) is 11.6 Å². The molecule has 0 atom stereocenters. The number of nitrogens with two attached hydrogens (primary N) is 1. The minimum absolute atomic E-state index is 0.00363. The lowest BCUT2D eigenvalue weighted by molar-refractivity contribution is 0.298. The molecule has 3 rings (SSSR count).